The summed E-state index contributed by atoms with van der Waals surface area (Å²) in [5, 5.41) is 0. The van der Waals surface area contributed by atoms with Crippen LogP contribution in [0.25, 0.3) is 0 Å². The Kier molecular flexibility index (Phi) is 6.05. The zero-order chi connectivity index (χ0) is 13.7. The molecule has 0 aromatic heterocycles. The Bertz CT molecular complexity index is 260. The van der Waals surface area contributed by atoms with Crippen molar-refractivity contribution in [1.82, 2.24) is 14.7 Å². The summed E-state index contributed by atoms with van der Waals surface area (Å²) in [7, 11) is 6.19. The average Bonchev–Trinajstić information content (AvgIpc) is 2.30. The molecular weight excluding hydrogens is 228 g/mol. The second kappa shape index (κ2) is 7.07. The van der Waals surface area contributed by atoms with Gasteiger partial charge in [0.25, 0.3) is 0 Å². The summed E-state index contributed by atoms with van der Waals surface area (Å²) >= 11 is 0. The first kappa shape index (κ1) is 15.4. The predicted octanol–water partition coefficient (Wildman–Crippen LogP) is -0.182. The van der Waals surface area contributed by atoms with Gasteiger partial charge in [-0.25, -0.2) is 0 Å². The van der Waals surface area contributed by atoms with E-state index in [9.17, 15) is 4.79 Å². The Balaban J connectivity index is 2.61. The van der Waals surface area contributed by atoms with Gasteiger partial charge in [-0.15, -0.1) is 0 Å². The number of likely N-dealkylation sites (tertiary alicyclic amines) is 1. The van der Waals surface area contributed by atoms with Crippen molar-refractivity contribution in [3.63, 3.8) is 0 Å². The molecule has 106 valence electrons. The quantitative estimate of drug-likeness (QED) is 0.741. The number of nitrogens with zero attached hydrogens (tertiary/aromatic N) is 3. The minimum atomic E-state index is -0.396. The third-order valence-electron chi connectivity index (χ3n) is 3.59. The van der Waals surface area contributed by atoms with E-state index in [0.717, 1.165) is 39.0 Å². The van der Waals surface area contributed by atoms with E-state index in [0.29, 0.717) is 6.04 Å². The van der Waals surface area contributed by atoms with Crippen molar-refractivity contribution in [1.29, 1.82) is 0 Å². The van der Waals surface area contributed by atoms with E-state index in [1.54, 1.807) is 6.92 Å². The summed E-state index contributed by atoms with van der Waals surface area (Å²) in [4.78, 5) is 18.6. The van der Waals surface area contributed by atoms with Gasteiger partial charge < -0.3 is 20.4 Å². The molecule has 0 aromatic carbocycles. The Morgan fingerprint density at radius 3 is 2.33 bits per heavy atom. The molecule has 1 heterocycles. The number of hydrogen-bond donors (Lipinski definition) is 1. The molecule has 0 aliphatic carbocycles. The fourth-order valence-electron chi connectivity index (χ4n) is 2.35. The van der Waals surface area contributed by atoms with Gasteiger partial charge in [0, 0.05) is 19.1 Å². The summed E-state index contributed by atoms with van der Waals surface area (Å²) in [6.07, 6.45) is 2.12. The minimum absolute atomic E-state index is 0.0893. The van der Waals surface area contributed by atoms with Crippen LogP contribution in [0.3, 0.4) is 0 Å². The third kappa shape index (κ3) is 4.55. The van der Waals surface area contributed by atoms with Crippen LogP contribution in [0.1, 0.15) is 19.8 Å². The molecule has 0 unspecified atom stereocenters. The largest absolute Gasteiger partial charge is 0.337 e. The molecule has 1 fully saturated rings. The molecule has 1 aliphatic rings. The highest BCUT2D eigenvalue weighted by molar-refractivity contribution is 5.81. The van der Waals surface area contributed by atoms with E-state index < -0.39 is 6.04 Å². The molecular formula is C13H28N4O. The summed E-state index contributed by atoms with van der Waals surface area (Å²) < 4.78 is 0. The number of piperidine rings is 1. The molecule has 1 rings (SSSR count). The van der Waals surface area contributed by atoms with Crippen molar-refractivity contribution >= 4 is 5.91 Å². The average molecular weight is 256 g/mol. The van der Waals surface area contributed by atoms with Crippen LogP contribution in [0.2, 0.25) is 0 Å². The normalized spacial score (nSPS) is 20.1. The van der Waals surface area contributed by atoms with Crippen molar-refractivity contribution in [3.8, 4) is 0 Å². The van der Waals surface area contributed by atoms with Crippen molar-refractivity contribution < 1.29 is 4.79 Å². The van der Waals surface area contributed by atoms with Gasteiger partial charge in [-0.1, -0.05) is 0 Å². The molecule has 1 atom stereocenters. The summed E-state index contributed by atoms with van der Waals surface area (Å²) in [5.41, 5.74) is 5.76. The molecule has 0 radical (unpaired) electrons. The van der Waals surface area contributed by atoms with Gasteiger partial charge in [0.05, 0.1) is 6.04 Å². The highest BCUT2D eigenvalue weighted by atomic mass is 16.2. The highest BCUT2D eigenvalue weighted by Gasteiger charge is 2.28. The van der Waals surface area contributed by atoms with E-state index in [1.807, 2.05) is 19.0 Å². The Labute approximate surface area is 111 Å². The van der Waals surface area contributed by atoms with Crippen LogP contribution < -0.4 is 5.73 Å². The molecule has 0 aromatic rings. The molecule has 0 bridgehead atoms. The van der Waals surface area contributed by atoms with E-state index in [2.05, 4.69) is 16.8 Å². The number of carbonyl (C=O) groups is 1. The van der Waals surface area contributed by atoms with Gasteiger partial charge in [-0.3, -0.25) is 4.79 Å². The van der Waals surface area contributed by atoms with Gasteiger partial charge >= 0.3 is 0 Å². The second-order valence-corrected chi connectivity index (χ2v) is 5.66. The maximum atomic E-state index is 12.2. The van der Waals surface area contributed by atoms with Gasteiger partial charge in [-0.2, -0.15) is 0 Å². The molecule has 1 amide bonds. The summed E-state index contributed by atoms with van der Waals surface area (Å²) in [5.74, 6) is 0.0893. The number of amides is 1. The number of rotatable bonds is 5. The third-order valence-corrected chi connectivity index (χ3v) is 3.59. The number of carbonyl (C=O) groups excluding carboxylic acids is 1. The van der Waals surface area contributed by atoms with E-state index in [1.165, 1.54) is 0 Å². The van der Waals surface area contributed by atoms with Crippen molar-refractivity contribution in [2.24, 2.45) is 5.73 Å². The SMILES string of the molecule is C[C@H](N)C(=O)N(CCN(C)C)C1CCN(C)CC1. The van der Waals surface area contributed by atoms with Gasteiger partial charge in [-0.05, 0) is 54.0 Å². The molecule has 5 heteroatoms. The van der Waals surface area contributed by atoms with E-state index >= 15 is 0 Å². The van der Waals surface area contributed by atoms with Gasteiger partial charge in [0.2, 0.25) is 5.91 Å². The highest BCUT2D eigenvalue weighted by Crippen LogP contribution is 2.16. The zero-order valence-corrected chi connectivity index (χ0v) is 12.2. The molecule has 5 nitrogen and oxygen atoms in total. The number of hydrogen-bond acceptors (Lipinski definition) is 4. The van der Waals surface area contributed by atoms with Crippen LogP contribution in [0.4, 0.5) is 0 Å². The van der Waals surface area contributed by atoms with E-state index in [4.69, 9.17) is 5.73 Å². The zero-order valence-electron chi connectivity index (χ0n) is 12.2. The lowest BCUT2D eigenvalue weighted by atomic mass is 10.0. The molecule has 1 aliphatic heterocycles. The predicted molar refractivity (Wildman–Crippen MR) is 74.4 cm³/mol. The molecule has 0 saturated carbocycles. The van der Waals surface area contributed by atoms with Crippen LogP contribution in [0, 0.1) is 0 Å². The fourth-order valence-corrected chi connectivity index (χ4v) is 2.35. The van der Waals surface area contributed by atoms with Crippen molar-refractivity contribution in [3.05, 3.63) is 0 Å². The smallest absolute Gasteiger partial charge is 0.239 e. The number of nitrogens with two attached hydrogens (primary N) is 1. The monoisotopic (exact) mass is 256 g/mol. The van der Waals surface area contributed by atoms with Crippen LogP contribution in [0.5, 0.6) is 0 Å². The lowest BCUT2D eigenvalue weighted by Crippen LogP contribution is -2.52. The molecule has 1 saturated heterocycles. The molecule has 0 spiro atoms. The van der Waals surface area contributed by atoms with Crippen LogP contribution in [-0.2, 0) is 4.79 Å². The standard InChI is InChI=1S/C13H28N4O/c1-11(14)13(18)17(10-9-15(2)3)12-5-7-16(4)8-6-12/h11-12H,5-10,14H2,1-4H3/t11-/m0/s1. The maximum absolute atomic E-state index is 12.2. The molecule has 18 heavy (non-hydrogen) atoms. The topological polar surface area (TPSA) is 52.8 Å². The summed E-state index contributed by atoms with van der Waals surface area (Å²) in [6.45, 7) is 5.58. The first-order chi connectivity index (χ1) is 8.41. The Morgan fingerprint density at radius 1 is 1.33 bits per heavy atom. The lowest BCUT2D eigenvalue weighted by molar-refractivity contribution is -0.135. The first-order valence-corrected chi connectivity index (χ1v) is 6.81. The van der Waals surface area contributed by atoms with Crippen LogP contribution in [0.15, 0.2) is 0 Å². The fraction of sp³-hybridized carbons (Fsp3) is 0.923. The van der Waals surface area contributed by atoms with Gasteiger partial charge in [0.15, 0.2) is 0 Å². The summed E-state index contributed by atoms with van der Waals surface area (Å²) in [6, 6.07) is -0.0357. The van der Waals surface area contributed by atoms with Crippen molar-refractivity contribution in [2.75, 3.05) is 47.3 Å². The second-order valence-electron chi connectivity index (χ2n) is 5.66. The van der Waals surface area contributed by atoms with Crippen molar-refractivity contribution in [2.45, 2.75) is 31.8 Å². The Morgan fingerprint density at radius 2 is 1.89 bits per heavy atom. The van der Waals surface area contributed by atoms with Gasteiger partial charge in [0.1, 0.15) is 0 Å². The number of likely N-dealkylation sites (N-methyl/N-ethyl adjacent to an activating group) is 1. The van der Waals surface area contributed by atoms with Crippen LogP contribution >= 0.6 is 0 Å². The first-order valence-electron chi connectivity index (χ1n) is 6.81. The Hall–Kier alpha value is -0.650. The molecule has 2 N–H and O–H groups in total. The van der Waals surface area contributed by atoms with E-state index in [-0.39, 0.29) is 5.91 Å². The maximum Gasteiger partial charge on any atom is 0.239 e. The van der Waals surface area contributed by atoms with Crippen LogP contribution in [-0.4, -0.2) is 80.0 Å². The minimum Gasteiger partial charge on any atom is -0.337 e. The lowest BCUT2D eigenvalue weighted by Gasteiger charge is -2.38.